The Morgan fingerprint density at radius 1 is 1.21 bits per heavy atom. The molecule has 1 N–H and O–H groups in total. The number of amides is 1. The fourth-order valence-corrected chi connectivity index (χ4v) is 4.85. The van der Waals surface area contributed by atoms with E-state index in [4.69, 9.17) is 14.6 Å². The first-order valence-corrected chi connectivity index (χ1v) is 11.9. The lowest BCUT2D eigenvalue weighted by Crippen LogP contribution is -2.32. The predicted octanol–water partition coefficient (Wildman–Crippen LogP) is 4.41. The Hall–Kier alpha value is -3.30. The zero-order valence-electron chi connectivity index (χ0n) is 18.8. The lowest BCUT2D eigenvalue weighted by atomic mass is 10.0. The Balaban J connectivity index is 1.42. The minimum Gasteiger partial charge on any atom is -0.493 e. The van der Waals surface area contributed by atoms with Gasteiger partial charge in [-0.2, -0.15) is 5.10 Å². The number of thiophene rings is 1. The number of ether oxygens (including phenoxy) is 2. The van der Waals surface area contributed by atoms with Crippen LogP contribution < -0.4 is 9.47 Å². The van der Waals surface area contributed by atoms with Crippen molar-refractivity contribution in [1.29, 1.82) is 0 Å². The Bertz CT molecular complexity index is 1240. The number of fused-ring (bicyclic) bond motifs is 1. The van der Waals surface area contributed by atoms with Crippen molar-refractivity contribution in [3.8, 4) is 11.5 Å². The third kappa shape index (κ3) is 5.10. The van der Waals surface area contributed by atoms with Crippen LogP contribution in [-0.4, -0.2) is 54.4 Å². The molecule has 4 rings (SSSR count). The number of Topliss-reactive ketones (excluding diaryl/α,β-unsaturated/α-hetero) is 1. The molecule has 1 aromatic heterocycles. The van der Waals surface area contributed by atoms with E-state index in [0.717, 1.165) is 23.1 Å². The smallest absolute Gasteiger partial charge is 0.243 e. The first-order valence-electron chi connectivity index (χ1n) is 11.0. The fourth-order valence-electron chi connectivity index (χ4n) is 3.87. The molecule has 0 bridgehead atoms. The third-order valence-corrected chi connectivity index (χ3v) is 6.58. The molecule has 0 saturated heterocycles. The lowest BCUT2D eigenvalue weighted by Gasteiger charge is -2.23. The van der Waals surface area contributed by atoms with Gasteiger partial charge in [0, 0.05) is 41.3 Å². The number of rotatable bonds is 9. The van der Waals surface area contributed by atoms with E-state index in [-0.39, 0.29) is 43.6 Å². The Labute approximate surface area is 200 Å². The zero-order valence-corrected chi connectivity index (χ0v) is 19.6. The number of ketones is 1. The van der Waals surface area contributed by atoms with Gasteiger partial charge in [0.1, 0.15) is 12.4 Å². The van der Waals surface area contributed by atoms with Crippen molar-refractivity contribution in [2.75, 3.05) is 26.9 Å². The SMILES string of the molecule is COc1cc(C(=O)CCC(=O)N2CCCC(c3csc4c(F)cccc34)=N2)ccc1OCCO. The molecule has 0 fully saturated rings. The summed E-state index contributed by atoms with van der Waals surface area (Å²) in [6, 6.07) is 9.76. The molecule has 0 aliphatic carbocycles. The summed E-state index contributed by atoms with van der Waals surface area (Å²) in [4.78, 5) is 25.5. The molecule has 0 spiro atoms. The molecule has 1 aliphatic heterocycles. The monoisotopic (exact) mass is 484 g/mol. The van der Waals surface area contributed by atoms with Gasteiger partial charge in [0.05, 0.1) is 24.1 Å². The molecule has 0 unspecified atom stereocenters. The number of methoxy groups -OCH3 is 1. The van der Waals surface area contributed by atoms with Crippen LogP contribution in [0.25, 0.3) is 10.1 Å². The molecule has 9 heteroatoms. The van der Waals surface area contributed by atoms with Crippen LogP contribution in [0.2, 0.25) is 0 Å². The number of hydrazone groups is 1. The molecule has 0 saturated carbocycles. The number of aliphatic hydroxyl groups excluding tert-OH is 1. The van der Waals surface area contributed by atoms with Crippen molar-refractivity contribution in [3.63, 3.8) is 0 Å². The minimum absolute atomic E-state index is 0.0275. The van der Waals surface area contributed by atoms with Crippen molar-refractivity contribution < 1.29 is 28.6 Å². The number of aliphatic hydroxyl groups is 1. The first kappa shape index (κ1) is 23.8. The van der Waals surface area contributed by atoms with Gasteiger partial charge < -0.3 is 14.6 Å². The van der Waals surface area contributed by atoms with Crippen LogP contribution in [0.15, 0.2) is 46.9 Å². The summed E-state index contributed by atoms with van der Waals surface area (Å²) >= 11 is 1.33. The highest BCUT2D eigenvalue weighted by atomic mass is 32.1. The number of halogens is 1. The van der Waals surface area contributed by atoms with Crippen molar-refractivity contribution >= 4 is 38.8 Å². The van der Waals surface area contributed by atoms with Gasteiger partial charge in [-0.15, -0.1) is 11.3 Å². The molecule has 2 aromatic carbocycles. The average molecular weight is 485 g/mol. The van der Waals surface area contributed by atoms with Gasteiger partial charge in [0.2, 0.25) is 5.91 Å². The molecule has 0 radical (unpaired) electrons. The van der Waals surface area contributed by atoms with Gasteiger partial charge in [0.25, 0.3) is 0 Å². The van der Waals surface area contributed by atoms with Crippen LogP contribution in [0.4, 0.5) is 4.39 Å². The van der Waals surface area contributed by atoms with Crippen LogP contribution in [0.3, 0.4) is 0 Å². The molecule has 3 aromatic rings. The van der Waals surface area contributed by atoms with Crippen molar-refractivity contribution in [2.45, 2.75) is 25.7 Å². The number of hydrogen-bond acceptors (Lipinski definition) is 7. The molecule has 2 heterocycles. The maximum absolute atomic E-state index is 14.1. The molecule has 0 atom stereocenters. The van der Waals surface area contributed by atoms with Crippen LogP contribution in [-0.2, 0) is 4.79 Å². The summed E-state index contributed by atoms with van der Waals surface area (Å²) in [5, 5.41) is 17.5. The predicted molar refractivity (Wildman–Crippen MR) is 128 cm³/mol. The molecule has 7 nitrogen and oxygen atoms in total. The number of nitrogens with zero attached hydrogens (tertiary/aromatic N) is 2. The maximum Gasteiger partial charge on any atom is 0.243 e. The van der Waals surface area contributed by atoms with E-state index in [1.165, 1.54) is 29.5 Å². The third-order valence-electron chi connectivity index (χ3n) is 5.58. The molecule has 34 heavy (non-hydrogen) atoms. The van der Waals surface area contributed by atoms with Crippen LogP contribution in [0, 0.1) is 5.82 Å². The van der Waals surface area contributed by atoms with E-state index in [9.17, 15) is 14.0 Å². The number of carbonyl (C=O) groups excluding carboxylic acids is 2. The Morgan fingerprint density at radius 3 is 2.85 bits per heavy atom. The fraction of sp³-hybridized carbons (Fsp3) is 0.320. The first-order chi connectivity index (χ1) is 16.5. The largest absolute Gasteiger partial charge is 0.493 e. The van der Waals surface area contributed by atoms with Crippen LogP contribution >= 0.6 is 11.3 Å². The van der Waals surface area contributed by atoms with Gasteiger partial charge in [-0.05, 0) is 37.1 Å². The summed E-state index contributed by atoms with van der Waals surface area (Å²) in [5.41, 5.74) is 2.02. The van der Waals surface area contributed by atoms with Gasteiger partial charge in [-0.25, -0.2) is 9.40 Å². The molecular weight excluding hydrogens is 459 g/mol. The van der Waals surface area contributed by atoms with E-state index < -0.39 is 0 Å². The topological polar surface area (TPSA) is 88.4 Å². The van der Waals surface area contributed by atoms with Crippen molar-refractivity contribution in [1.82, 2.24) is 5.01 Å². The van der Waals surface area contributed by atoms with Gasteiger partial charge in [-0.1, -0.05) is 12.1 Å². The second-order valence-electron chi connectivity index (χ2n) is 7.79. The van der Waals surface area contributed by atoms with E-state index in [1.54, 1.807) is 24.3 Å². The van der Waals surface area contributed by atoms with Crippen LogP contribution in [0.1, 0.15) is 41.6 Å². The van der Waals surface area contributed by atoms with Gasteiger partial charge in [-0.3, -0.25) is 9.59 Å². The van der Waals surface area contributed by atoms with Gasteiger partial charge in [0.15, 0.2) is 17.3 Å². The highest BCUT2D eigenvalue weighted by Crippen LogP contribution is 2.31. The van der Waals surface area contributed by atoms with Crippen molar-refractivity contribution in [2.24, 2.45) is 5.10 Å². The summed E-state index contributed by atoms with van der Waals surface area (Å²) < 4.78 is 25.3. The van der Waals surface area contributed by atoms with E-state index in [1.807, 2.05) is 11.4 Å². The number of hydrogen-bond donors (Lipinski definition) is 1. The second kappa shape index (κ2) is 10.8. The molecular formula is C25H25FN2O5S. The highest BCUT2D eigenvalue weighted by Gasteiger charge is 2.22. The Kier molecular flexibility index (Phi) is 7.54. The van der Waals surface area contributed by atoms with E-state index in [0.29, 0.717) is 34.7 Å². The minimum atomic E-state index is -0.263. The summed E-state index contributed by atoms with van der Waals surface area (Å²) in [5.74, 6) is 0.128. The lowest BCUT2D eigenvalue weighted by molar-refractivity contribution is -0.131. The number of benzene rings is 2. The molecule has 1 aliphatic rings. The normalized spacial score (nSPS) is 13.6. The zero-order chi connectivity index (χ0) is 24.1. The molecule has 178 valence electrons. The van der Waals surface area contributed by atoms with Gasteiger partial charge >= 0.3 is 0 Å². The molecule has 1 amide bonds. The quantitative estimate of drug-likeness (QED) is 0.455. The summed E-state index contributed by atoms with van der Waals surface area (Å²) in [6.45, 7) is 0.469. The van der Waals surface area contributed by atoms with E-state index >= 15 is 0 Å². The van der Waals surface area contributed by atoms with Crippen LogP contribution in [0.5, 0.6) is 11.5 Å². The van der Waals surface area contributed by atoms with Crippen molar-refractivity contribution in [3.05, 3.63) is 58.7 Å². The number of carbonyl (C=O) groups is 2. The standard InChI is InChI=1S/C25H25FN2O5S/c1-32-23-14-16(7-9-22(23)33-13-12-29)21(30)8-10-24(31)28-11-3-6-20(27-28)18-15-34-25-17(18)4-2-5-19(25)26/h2,4-5,7,9,14-15,29H,3,6,8,10-13H2,1H3. The Morgan fingerprint density at radius 2 is 2.06 bits per heavy atom. The second-order valence-corrected chi connectivity index (χ2v) is 8.67. The van der Waals surface area contributed by atoms with E-state index in [2.05, 4.69) is 5.10 Å². The average Bonchev–Trinajstić information content (AvgIpc) is 3.31. The highest BCUT2D eigenvalue weighted by molar-refractivity contribution is 7.17. The maximum atomic E-state index is 14.1. The summed E-state index contributed by atoms with van der Waals surface area (Å²) in [7, 11) is 1.47. The summed E-state index contributed by atoms with van der Waals surface area (Å²) in [6.07, 6.45) is 1.51.